The fraction of sp³-hybridized carbons (Fsp3) is 0.273. The smallest absolute Gasteiger partial charge is 0.0398 e. The topological polar surface area (TPSA) is 15.3 Å². The average Bonchev–Trinajstić information content (AvgIpc) is 3.88. The number of hydrogen-bond acceptors (Lipinski definition) is 2. The molecular weight excluding hydrogens is 556 g/mol. The molecule has 9 aromatic rings. The number of benzene rings is 5. The minimum Gasteiger partial charge on any atom is -0.319 e. The van der Waals surface area contributed by atoms with Crippen LogP contribution in [-0.4, -0.2) is 38.6 Å². The highest BCUT2D eigenvalue weighted by atomic mass is 15.1. The van der Waals surface area contributed by atoms with E-state index in [1.165, 1.54) is 16.2 Å². The van der Waals surface area contributed by atoms with Crippen LogP contribution in [0.5, 0.6) is 0 Å². The van der Waals surface area contributed by atoms with Crippen LogP contribution in [0.15, 0.2) is 42.5 Å². The van der Waals surface area contributed by atoms with Gasteiger partial charge in [0.15, 0.2) is 0 Å². The van der Waals surface area contributed by atoms with Crippen LogP contribution < -0.4 is 15.8 Å². The molecule has 16 rings (SSSR count). The maximum absolute atomic E-state index is 3.71. The van der Waals surface area contributed by atoms with Crippen molar-refractivity contribution in [1.29, 1.82) is 0 Å². The van der Waals surface area contributed by atoms with Gasteiger partial charge in [0.1, 0.15) is 0 Å². The second-order valence-corrected chi connectivity index (χ2v) is 16.7. The van der Waals surface area contributed by atoms with Crippen LogP contribution in [-0.2, 0) is 0 Å². The molecule has 214 valence electrons. The van der Waals surface area contributed by atoms with E-state index in [0.29, 0.717) is 47.5 Å². The van der Waals surface area contributed by atoms with E-state index in [2.05, 4.69) is 79.9 Å². The van der Waals surface area contributed by atoms with Gasteiger partial charge in [-0.1, -0.05) is 48.6 Å². The number of nitrogens with one attached hydrogen (secondary N) is 1. The molecule has 0 radical (unpaired) electrons. The molecule has 1 N–H and O–H groups in total. The summed E-state index contributed by atoms with van der Waals surface area (Å²) in [6, 6.07) is 10.5. The first kappa shape index (κ1) is 21.5. The van der Waals surface area contributed by atoms with Gasteiger partial charge in [-0.15, -0.1) is 0 Å². The zero-order valence-electron chi connectivity index (χ0n) is 25.9. The first-order chi connectivity index (χ1) is 22.7. The van der Waals surface area contributed by atoms with Gasteiger partial charge in [0.25, 0.3) is 0 Å². The summed E-state index contributed by atoms with van der Waals surface area (Å²) in [7, 11) is 6.89. The number of likely N-dealkylation sites (N-methyl/N-ethyl adjacent to an activating group) is 2. The Morgan fingerprint density at radius 3 is 2.11 bits per heavy atom. The van der Waals surface area contributed by atoms with Crippen LogP contribution in [0.4, 0.5) is 0 Å². The van der Waals surface area contributed by atoms with E-state index in [9.17, 15) is 0 Å². The van der Waals surface area contributed by atoms with E-state index in [0.717, 1.165) is 6.54 Å². The first-order valence-corrected chi connectivity index (χ1v) is 17.7. The van der Waals surface area contributed by atoms with Crippen molar-refractivity contribution in [3.05, 3.63) is 75.2 Å². The molecule has 2 nitrogen and oxygen atoms in total. The Morgan fingerprint density at radius 2 is 1.28 bits per heavy atom. The Hall–Kier alpha value is -4.24. The highest BCUT2D eigenvalue weighted by molar-refractivity contribution is 6.57. The molecular formula is C44H28N2. The molecule has 0 bridgehead atoms. The third-order valence-corrected chi connectivity index (χ3v) is 15.5. The molecule has 0 amide bonds. The molecule has 1 saturated carbocycles. The molecule has 1 fully saturated rings. The summed E-state index contributed by atoms with van der Waals surface area (Å²) >= 11 is 0. The maximum Gasteiger partial charge on any atom is 0.0398 e. The summed E-state index contributed by atoms with van der Waals surface area (Å²) in [6.45, 7) is 1.01. The molecule has 7 aliphatic rings. The van der Waals surface area contributed by atoms with E-state index in [1.807, 2.05) is 5.57 Å². The number of allylic oxidation sites excluding steroid dienone is 3. The average molecular weight is 585 g/mol. The number of hydrogen-bond donors (Lipinski definition) is 1. The summed E-state index contributed by atoms with van der Waals surface area (Å²) in [5.41, 5.74) is 10.3. The van der Waals surface area contributed by atoms with E-state index in [1.54, 1.807) is 108 Å². The van der Waals surface area contributed by atoms with E-state index < -0.39 is 0 Å². The van der Waals surface area contributed by atoms with Gasteiger partial charge in [0.2, 0.25) is 0 Å². The van der Waals surface area contributed by atoms with Gasteiger partial charge in [-0.3, -0.25) is 0 Å². The van der Waals surface area contributed by atoms with Gasteiger partial charge in [-0.05, 0) is 169 Å². The van der Waals surface area contributed by atoms with Gasteiger partial charge < -0.3 is 10.2 Å². The molecule has 0 saturated heterocycles. The van der Waals surface area contributed by atoms with Gasteiger partial charge in [-0.25, -0.2) is 0 Å². The Balaban J connectivity index is 1.37. The monoisotopic (exact) mass is 584 g/mol. The van der Waals surface area contributed by atoms with Crippen LogP contribution >= 0.6 is 0 Å². The Kier molecular flexibility index (Phi) is 2.75. The molecule has 46 heavy (non-hydrogen) atoms. The summed E-state index contributed by atoms with van der Waals surface area (Å²) in [5, 5.41) is 32.8. The highest BCUT2D eigenvalue weighted by Crippen LogP contribution is 2.72. The SMILES string of the molecule is CNCC1c2c3ccc4c5ccc6c7c8c9c%10c%11c%12c%13c(c2c2c3c4c(c5c69)c%10c%122)=C(C2C=CC3C(C=C7)C8C=%11C3C%132)C1N(C)C. The van der Waals surface area contributed by atoms with Crippen molar-refractivity contribution in [2.45, 2.75) is 23.8 Å². The molecule has 2 heteroatoms. The van der Waals surface area contributed by atoms with Crippen LogP contribution in [0.1, 0.15) is 40.0 Å². The summed E-state index contributed by atoms with van der Waals surface area (Å²) < 4.78 is 0. The molecule has 7 aliphatic carbocycles. The lowest BCUT2D eigenvalue weighted by Gasteiger charge is -2.42. The maximum atomic E-state index is 3.71. The Labute approximate surface area is 263 Å². The predicted molar refractivity (Wildman–Crippen MR) is 191 cm³/mol. The fourth-order valence-electron chi connectivity index (χ4n) is 14.9. The van der Waals surface area contributed by atoms with Crippen LogP contribution in [0, 0.1) is 23.7 Å². The van der Waals surface area contributed by atoms with Crippen molar-refractivity contribution in [3.8, 4) is 0 Å². The quantitative estimate of drug-likeness (QED) is 0.172. The van der Waals surface area contributed by atoms with Crippen molar-refractivity contribution >= 4 is 103 Å². The molecule has 8 unspecified atom stereocenters. The van der Waals surface area contributed by atoms with Crippen LogP contribution in [0.3, 0.4) is 0 Å². The van der Waals surface area contributed by atoms with Crippen LogP contribution in [0.25, 0.3) is 103 Å². The minimum absolute atomic E-state index is 0.397. The highest BCUT2D eigenvalue weighted by Gasteiger charge is 2.61. The van der Waals surface area contributed by atoms with Crippen molar-refractivity contribution in [2.75, 3.05) is 27.7 Å². The molecule has 0 aliphatic heterocycles. The third kappa shape index (κ3) is 1.57. The van der Waals surface area contributed by atoms with Gasteiger partial charge >= 0.3 is 0 Å². The minimum atomic E-state index is 0.397. The third-order valence-electron chi connectivity index (χ3n) is 15.5. The normalized spacial score (nSPS) is 32.3. The second kappa shape index (κ2) is 5.87. The second-order valence-electron chi connectivity index (χ2n) is 16.7. The van der Waals surface area contributed by atoms with Gasteiger partial charge in [0.05, 0.1) is 0 Å². The van der Waals surface area contributed by atoms with Crippen molar-refractivity contribution in [3.63, 3.8) is 0 Å². The fourth-order valence-corrected chi connectivity index (χ4v) is 14.9. The zero-order chi connectivity index (χ0) is 29.1. The summed E-state index contributed by atoms with van der Waals surface area (Å²) in [5.74, 6) is 3.85. The largest absolute Gasteiger partial charge is 0.319 e. The van der Waals surface area contributed by atoms with E-state index >= 15 is 0 Å². The number of nitrogens with zero attached hydrogens (tertiary/aromatic N) is 1. The van der Waals surface area contributed by atoms with Crippen molar-refractivity contribution in [2.24, 2.45) is 23.7 Å². The predicted octanol–water partition coefficient (Wildman–Crippen LogP) is 7.37. The Bertz CT molecular complexity index is 3220. The standard InChI is InChI=1S/C44H28N2/c1-45-12-21-22-19-10-8-17-15-6-4-13-14-5-7-16-18-9-11-20-30-28(18)35-26(16)24(14)33-23(13)25(15)34-27(17)29(19)36-32(22)38(31(20)44(21)46(2)3)37(30)43-41(35)39(33)40(34)42(36)43/h4-11,16,18,20-21,26,28,30,44-45H,12H2,1-3H3. The molecule has 9 aromatic carbocycles. The Morgan fingerprint density at radius 1 is 0.587 bits per heavy atom. The lowest BCUT2D eigenvalue weighted by Crippen LogP contribution is -2.44. The van der Waals surface area contributed by atoms with Crippen molar-refractivity contribution in [1.82, 2.24) is 10.2 Å². The molecule has 0 heterocycles. The van der Waals surface area contributed by atoms with Gasteiger partial charge in [0, 0.05) is 36.3 Å². The molecule has 0 spiro atoms. The summed E-state index contributed by atoms with van der Waals surface area (Å²) in [4.78, 5) is 2.59. The van der Waals surface area contributed by atoms with E-state index in [-0.39, 0.29) is 0 Å². The summed E-state index contributed by atoms with van der Waals surface area (Å²) in [6.07, 6.45) is 10.7. The number of rotatable bonds is 3. The molecule has 8 atom stereocenters. The lowest BCUT2D eigenvalue weighted by molar-refractivity contribution is 0.285. The first-order valence-electron chi connectivity index (χ1n) is 17.7. The number of fused-ring (bicyclic) bond motifs is 5. The van der Waals surface area contributed by atoms with Crippen molar-refractivity contribution < 1.29 is 0 Å². The lowest BCUT2D eigenvalue weighted by atomic mass is 9.64. The van der Waals surface area contributed by atoms with E-state index in [4.69, 9.17) is 0 Å². The van der Waals surface area contributed by atoms with Gasteiger partial charge in [-0.2, -0.15) is 0 Å². The zero-order valence-corrected chi connectivity index (χ0v) is 25.9. The van der Waals surface area contributed by atoms with Crippen LogP contribution in [0.2, 0.25) is 0 Å². The molecule has 0 aromatic heterocycles.